The molecule has 1 saturated heterocycles. The topological polar surface area (TPSA) is 49.4 Å². The summed E-state index contributed by atoms with van der Waals surface area (Å²) in [5.41, 5.74) is 2.26. The van der Waals surface area contributed by atoms with Crippen LogP contribution in [-0.2, 0) is 16.4 Å². The summed E-state index contributed by atoms with van der Waals surface area (Å²) in [6.45, 7) is 6.99. The Labute approximate surface area is 139 Å². The summed E-state index contributed by atoms with van der Waals surface area (Å²) in [4.78, 5) is 2.93. The van der Waals surface area contributed by atoms with Gasteiger partial charge in [0.1, 0.15) is 0 Å². The average Bonchev–Trinajstić information content (AvgIpc) is 3.02. The molecule has 3 rings (SSSR count). The molecule has 0 unspecified atom stereocenters. The van der Waals surface area contributed by atoms with Crippen LogP contribution in [0.3, 0.4) is 0 Å². The quantitative estimate of drug-likeness (QED) is 0.900. The largest absolute Gasteiger partial charge is 0.301 e. The van der Waals surface area contributed by atoms with E-state index in [9.17, 15) is 8.42 Å². The highest BCUT2D eigenvalue weighted by atomic mass is 32.2. The van der Waals surface area contributed by atoms with Crippen molar-refractivity contribution in [2.75, 3.05) is 19.6 Å². The van der Waals surface area contributed by atoms with Crippen molar-refractivity contribution in [3.8, 4) is 0 Å². The fourth-order valence-corrected chi connectivity index (χ4v) is 4.73. The van der Waals surface area contributed by atoms with Gasteiger partial charge in [-0.1, -0.05) is 24.3 Å². The lowest BCUT2D eigenvalue weighted by Gasteiger charge is -2.21. The van der Waals surface area contributed by atoms with Gasteiger partial charge in [0.05, 0.1) is 4.91 Å². The number of benzene rings is 1. The summed E-state index contributed by atoms with van der Waals surface area (Å²) in [5.74, 6) is 0.420. The monoisotopic (exact) mass is 334 g/mol. The normalized spacial score (nSPS) is 22.2. The predicted octanol–water partition coefficient (Wildman–Crippen LogP) is 2.62. The van der Waals surface area contributed by atoms with Crippen molar-refractivity contribution in [3.05, 3.63) is 40.3 Å². The molecule has 5 heteroatoms. The first-order valence-electron chi connectivity index (χ1n) is 8.48. The van der Waals surface area contributed by atoms with Crippen LogP contribution < -0.4 is 4.72 Å². The summed E-state index contributed by atoms with van der Waals surface area (Å²) in [6, 6.07) is 8.56. The van der Waals surface area contributed by atoms with Gasteiger partial charge >= 0.3 is 0 Å². The van der Waals surface area contributed by atoms with Crippen molar-refractivity contribution in [3.63, 3.8) is 0 Å². The van der Waals surface area contributed by atoms with Crippen LogP contribution in [0.25, 0.3) is 6.08 Å². The zero-order chi connectivity index (χ0) is 16.4. The predicted molar refractivity (Wildman–Crippen MR) is 94.5 cm³/mol. The summed E-state index contributed by atoms with van der Waals surface area (Å²) < 4.78 is 28.0. The lowest BCUT2D eigenvalue weighted by molar-refractivity contribution is 0.265. The minimum atomic E-state index is -3.36. The molecule has 0 radical (unpaired) electrons. The van der Waals surface area contributed by atoms with Gasteiger partial charge < -0.3 is 4.90 Å². The first kappa shape index (κ1) is 16.7. The zero-order valence-electron chi connectivity index (χ0n) is 14.0. The molecule has 1 heterocycles. The number of nitrogens with one attached hydrogen (secondary N) is 1. The SMILES string of the molecule is CC(C)N1CC[C@@H](CNS(=O)(=O)C2=Cc3ccccc3CC2)C1. The fourth-order valence-electron chi connectivity index (χ4n) is 3.44. The molecule has 1 N–H and O–H groups in total. The van der Waals surface area contributed by atoms with Gasteiger partial charge in [-0.15, -0.1) is 0 Å². The van der Waals surface area contributed by atoms with Crippen LogP contribution in [0, 0.1) is 5.92 Å². The average molecular weight is 334 g/mol. The Bertz CT molecular complexity index is 695. The van der Waals surface area contributed by atoms with Crippen molar-refractivity contribution in [2.24, 2.45) is 5.92 Å². The van der Waals surface area contributed by atoms with E-state index in [0.29, 0.717) is 29.8 Å². The third-order valence-corrected chi connectivity index (χ3v) is 6.53. The van der Waals surface area contributed by atoms with Crippen molar-refractivity contribution >= 4 is 16.1 Å². The van der Waals surface area contributed by atoms with Gasteiger partial charge in [-0.2, -0.15) is 0 Å². The Kier molecular flexibility index (Phi) is 4.90. The van der Waals surface area contributed by atoms with Crippen LogP contribution in [0.4, 0.5) is 0 Å². The third-order valence-electron chi connectivity index (χ3n) is 4.97. The molecule has 0 aromatic heterocycles. The Morgan fingerprint density at radius 1 is 1.26 bits per heavy atom. The van der Waals surface area contributed by atoms with Gasteiger partial charge in [0.25, 0.3) is 0 Å². The van der Waals surface area contributed by atoms with Crippen LogP contribution in [-0.4, -0.2) is 39.0 Å². The van der Waals surface area contributed by atoms with Crippen molar-refractivity contribution < 1.29 is 8.42 Å². The molecular formula is C18H26N2O2S. The second-order valence-corrected chi connectivity index (χ2v) is 8.72. The van der Waals surface area contributed by atoms with E-state index in [-0.39, 0.29) is 0 Å². The van der Waals surface area contributed by atoms with E-state index in [1.807, 2.05) is 24.3 Å². The van der Waals surface area contributed by atoms with Crippen molar-refractivity contribution in [1.82, 2.24) is 9.62 Å². The number of sulfonamides is 1. The van der Waals surface area contributed by atoms with Crippen LogP contribution >= 0.6 is 0 Å². The highest BCUT2D eigenvalue weighted by Crippen LogP contribution is 2.27. The van der Waals surface area contributed by atoms with E-state index in [1.165, 1.54) is 5.56 Å². The maximum Gasteiger partial charge on any atom is 0.236 e. The maximum absolute atomic E-state index is 12.6. The minimum Gasteiger partial charge on any atom is -0.301 e. The van der Waals surface area contributed by atoms with E-state index in [0.717, 1.165) is 31.5 Å². The molecule has 1 atom stereocenters. The third kappa shape index (κ3) is 3.84. The first-order valence-corrected chi connectivity index (χ1v) is 9.96. The van der Waals surface area contributed by atoms with Crippen LogP contribution in [0.15, 0.2) is 29.2 Å². The van der Waals surface area contributed by atoms with Crippen LogP contribution in [0.5, 0.6) is 0 Å². The van der Waals surface area contributed by atoms with E-state index in [2.05, 4.69) is 29.5 Å². The number of nitrogens with zero attached hydrogens (tertiary/aromatic N) is 1. The molecule has 1 aromatic rings. The fraction of sp³-hybridized carbons (Fsp3) is 0.556. The number of fused-ring (bicyclic) bond motifs is 1. The number of aryl methyl sites for hydroxylation is 1. The molecule has 2 aliphatic rings. The number of hydrogen-bond donors (Lipinski definition) is 1. The van der Waals surface area contributed by atoms with Gasteiger partial charge in [-0.25, -0.2) is 13.1 Å². The summed E-state index contributed by atoms with van der Waals surface area (Å²) in [7, 11) is -3.36. The minimum absolute atomic E-state index is 0.420. The van der Waals surface area contributed by atoms with Gasteiger partial charge in [-0.05, 0) is 62.8 Å². The number of likely N-dealkylation sites (tertiary alicyclic amines) is 1. The lowest BCUT2D eigenvalue weighted by Crippen LogP contribution is -2.33. The van der Waals surface area contributed by atoms with Crippen molar-refractivity contribution in [1.29, 1.82) is 0 Å². The van der Waals surface area contributed by atoms with Gasteiger partial charge in [0, 0.05) is 19.1 Å². The Balaban J connectivity index is 1.63. The van der Waals surface area contributed by atoms with E-state index < -0.39 is 10.0 Å². The Morgan fingerprint density at radius 3 is 2.78 bits per heavy atom. The molecule has 0 bridgehead atoms. The molecule has 1 aromatic carbocycles. The van der Waals surface area contributed by atoms with E-state index >= 15 is 0 Å². The molecule has 0 amide bonds. The first-order chi connectivity index (χ1) is 11.0. The maximum atomic E-state index is 12.6. The number of rotatable bonds is 5. The van der Waals surface area contributed by atoms with E-state index in [4.69, 9.17) is 0 Å². The highest BCUT2D eigenvalue weighted by molar-refractivity contribution is 7.93. The second-order valence-electron chi connectivity index (χ2n) is 6.90. The molecule has 0 saturated carbocycles. The Hall–Kier alpha value is -1.17. The molecule has 0 spiro atoms. The summed E-state index contributed by atoms with van der Waals surface area (Å²) in [6.07, 6.45) is 4.29. The van der Waals surface area contributed by atoms with Gasteiger partial charge in [0.15, 0.2) is 0 Å². The smallest absolute Gasteiger partial charge is 0.236 e. The summed E-state index contributed by atoms with van der Waals surface area (Å²) >= 11 is 0. The molecule has 1 aliphatic carbocycles. The van der Waals surface area contributed by atoms with Crippen LogP contribution in [0.1, 0.15) is 37.8 Å². The molecule has 1 fully saturated rings. The van der Waals surface area contributed by atoms with Gasteiger partial charge in [0.2, 0.25) is 10.0 Å². The number of allylic oxidation sites excluding steroid dienone is 1. The second kappa shape index (κ2) is 6.75. The molecule has 126 valence electrons. The standard InChI is InChI=1S/C18H26N2O2S/c1-14(2)20-10-9-15(13-20)12-19-23(21,22)18-8-7-16-5-3-4-6-17(16)11-18/h3-6,11,14-15,19H,7-10,12-13H2,1-2H3/t15-/m0/s1. The number of hydrogen-bond acceptors (Lipinski definition) is 3. The van der Waals surface area contributed by atoms with Crippen molar-refractivity contribution in [2.45, 2.75) is 39.2 Å². The molecule has 4 nitrogen and oxygen atoms in total. The Morgan fingerprint density at radius 2 is 2.04 bits per heavy atom. The zero-order valence-corrected chi connectivity index (χ0v) is 14.8. The lowest BCUT2D eigenvalue weighted by atomic mass is 9.98. The van der Waals surface area contributed by atoms with E-state index in [1.54, 1.807) is 0 Å². The molecule has 23 heavy (non-hydrogen) atoms. The molecular weight excluding hydrogens is 308 g/mol. The summed E-state index contributed by atoms with van der Waals surface area (Å²) in [5, 5.41) is 0. The van der Waals surface area contributed by atoms with Gasteiger partial charge in [-0.3, -0.25) is 0 Å². The molecule has 1 aliphatic heterocycles. The van der Waals surface area contributed by atoms with Crippen LogP contribution in [0.2, 0.25) is 0 Å². The highest BCUT2D eigenvalue weighted by Gasteiger charge is 2.27.